The highest BCUT2D eigenvalue weighted by molar-refractivity contribution is 7.17. The Balaban J connectivity index is 2.20. The Labute approximate surface area is 100 Å². The maximum absolute atomic E-state index is 8.90. The molecule has 1 aromatic rings. The number of piperidine rings is 1. The molecule has 0 radical (unpaired) electrons. The number of nitrogens with two attached hydrogens (primary N) is 1. The molecule has 1 aliphatic rings. The van der Waals surface area contributed by atoms with Crippen molar-refractivity contribution in [3.05, 3.63) is 10.9 Å². The molecule has 1 saturated heterocycles. The van der Waals surface area contributed by atoms with E-state index in [0.29, 0.717) is 10.6 Å². The highest BCUT2D eigenvalue weighted by Crippen LogP contribution is 2.34. The first kappa shape index (κ1) is 11.3. The fraction of sp³-hybridized carbons (Fsp3) is 0.583. The zero-order chi connectivity index (χ0) is 11.7. The van der Waals surface area contributed by atoms with Gasteiger partial charge in [-0.3, -0.25) is 0 Å². The molecule has 2 rings (SSSR count). The molecule has 3 nitrogen and oxygen atoms in total. The van der Waals surface area contributed by atoms with Crippen LogP contribution in [0.4, 0.5) is 10.7 Å². The van der Waals surface area contributed by atoms with Gasteiger partial charge in [-0.15, -0.1) is 11.3 Å². The number of anilines is 2. The van der Waals surface area contributed by atoms with Gasteiger partial charge >= 0.3 is 0 Å². The second-order valence-electron chi connectivity index (χ2n) is 4.83. The van der Waals surface area contributed by atoms with Gasteiger partial charge in [-0.1, -0.05) is 13.8 Å². The minimum Gasteiger partial charge on any atom is -0.397 e. The summed E-state index contributed by atoms with van der Waals surface area (Å²) in [4.78, 5) is 3.00. The number of rotatable bonds is 1. The lowest BCUT2D eigenvalue weighted by Gasteiger charge is -2.35. The lowest BCUT2D eigenvalue weighted by Crippen LogP contribution is -2.38. The van der Waals surface area contributed by atoms with Crippen molar-refractivity contribution in [2.75, 3.05) is 23.7 Å². The lowest BCUT2D eigenvalue weighted by atomic mass is 9.92. The minimum absolute atomic E-state index is 0.619. The molecule has 0 bridgehead atoms. The highest BCUT2D eigenvalue weighted by atomic mass is 32.1. The van der Waals surface area contributed by atoms with E-state index >= 15 is 0 Å². The van der Waals surface area contributed by atoms with Crippen LogP contribution in [0.3, 0.4) is 0 Å². The van der Waals surface area contributed by atoms with Crippen LogP contribution in [0.1, 0.15) is 25.1 Å². The van der Waals surface area contributed by atoms with Crippen LogP contribution in [0.15, 0.2) is 6.07 Å². The monoisotopic (exact) mass is 235 g/mol. The van der Waals surface area contributed by atoms with E-state index in [4.69, 9.17) is 11.0 Å². The maximum atomic E-state index is 8.90. The molecule has 1 fully saturated rings. The molecule has 2 atom stereocenters. The Morgan fingerprint density at radius 1 is 1.44 bits per heavy atom. The fourth-order valence-electron chi connectivity index (χ4n) is 2.48. The van der Waals surface area contributed by atoms with Gasteiger partial charge in [0.2, 0.25) is 0 Å². The largest absolute Gasteiger partial charge is 0.397 e. The normalized spacial score (nSPS) is 25.4. The Morgan fingerprint density at radius 2 is 2.06 bits per heavy atom. The maximum Gasteiger partial charge on any atom is 0.129 e. The standard InChI is InChI=1S/C12H17N3S/c1-8-3-9(2)7-15(6-8)12-4-10(14)11(5-13)16-12/h4,8-9H,3,6-7,14H2,1-2H3. The number of nitrogen functional groups attached to an aromatic ring is 1. The van der Waals surface area contributed by atoms with Crippen molar-refractivity contribution >= 4 is 22.0 Å². The van der Waals surface area contributed by atoms with Crippen molar-refractivity contribution in [1.82, 2.24) is 0 Å². The van der Waals surface area contributed by atoms with Crippen molar-refractivity contribution in [3.8, 4) is 6.07 Å². The third-order valence-electron chi connectivity index (χ3n) is 3.03. The number of nitriles is 1. The van der Waals surface area contributed by atoms with Crippen LogP contribution in [-0.2, 0) is 0 Å². The molecule has 1 aliphatic heterocycles. The molecule has 0 saturated carbocycles. The molecule has 2 heterocycles. The average molecular weight is 235 g/mol. The van der Waals surface area contributed by atoms with E-state index in [1.807, 2.05) is 6.07 Å². The zero-order valence-corrected chi connectivity index (χ0v) is 10.5. The fourth-order valence-corrected chi connectivity index (χ4v) is 3.37. The summed E-state index contributed by atoms with van der Waals surface area (Å²) in [6.45, 7) is 6.72. The number of thiophene rings is 1. The molecule has 2 N–H and O–H groups in total. The van der Waals surface area contributed by atoms with Gasteiger partial charge in [-0.25, -0.2) is 0 Å². The summed E-state index contributed by atoms with van der Waals surface area (Å²) in [6.07, 6.45) is 1.29. The van der Waals surface area contributed by atoms with E-state index in [2.05, 4.69) is 24.8 Å². The predicted octanol–water partition coefficient (Wildman–Crippen LogP) is 2.68. The summed E-state index contributed by atoms with van der Waals surface area (Å²) in [6, 6.07) is 4.08. The summed E-state index contributed by atoms with van der Waals surface area (Å²) in [7, 11) is 0. The third-order valence-corrected chi connectivity index (χ3v) is 4.15. The van der Waals surface area contributed by atoms with Crippen molar-refractivity contribution in [2.45, 2.75) is 20.3 Å². The van der Waals surface area contributed by atoms with Crippen LogP contribution in [0.25, 0.3) is 0 Å². The number of nitrogens with zero attached hydrogens (tertiary/aromatic N) is 2. The van der Waals surface area contributed by atoms with Crippen LogP contribution >= 0.6 is 11.3 Å². The van der Waals surface area contributed by atoms with Gasteiger partial charge in [0, 0.05) is 13.1 Å². The molecular weight excluding hydrogens is 218 g/mol. The lowest BCUT2D eigenvalue weighted by molar-refractivity contribution is 0.358. The summed E-state index contributed by atoms with van der Waals surface area (Å²) in [5.41, 5.74) is 6.41. The first-order valence-corrected chi connectivity index (χ1v) is 6.46. The molecule has 0 aromatic carbocycles. The molecule has 0 spiro atoms. The molecule has 0 amide bonds. The van der Waals surface area contributed by atoms with E-state index < -0.39 is 0 Å². The molecule has 0 aliphatic carbocycles. The summed E-state index contributed by atoms with van der Waals surface area (Å²) in [5, 5.41) is 10.0. The molecular formula is C12H17N3S. The molecule has 86 valence electrons. The summed E-state index contributed by atoms with van der Waals surface area (Å²) >= 11 is 1.51. The van der Waals surface area contributed by atoms with E-state index in [-0.39, 0.29) is 0 Å². The highest BCUT2D eigenvalue weighted by Gasteiger charge is 2.23. The van der Waals surface area contributed by atoms with Gasteiger partial charge in [0.05, 0.1) is 10.7 Å². The van der Waals surface area contributed by atoms with Gasteiger partial charge in [0.1, 0.15) is 10.9 Å². The molecule has 2 unspecified atom stereocenters. The Morgan fingerprint density at radius 3 is 2.56 bits per heavy atom. The molecule has 1 aromatic heterocycles. The van der Waals surface area contributed by atoms with Crippen molar-refractivity contribution in [2.24, 2.45) is 11.8 Å². The van der Waals surface area contributed by atoms with Crippen molar-refractivity contribution < 1.29 is 0 Å². The quantitative estimate of drug-likeness (QED) is 0.814. The Hall–Kier alpha value is -1.21. The number of hydrogen-bond acceptors (Lipinski definition) is 4. The second-order valence-corrected chi connectivity index (χ2v) is 5.86. The Kier molecular flexibility index (Phi) is 3.06. The smallest absolute Gasteiger partial charge is 0.129 e. The summed E-state index contributed by atoms with van der Waals surface area (Å²) < 4.78 is 0. The minimum atomic E-state index is 0.619. The SMILES string of the molecule is CC1CC(C)CN(c2cc(N)c(C#N)s2)C1. The Bertz CT molecular complexity index is 408. The van der Waals surface area contributed by atoms with Gasteiger partial charge in [-0.05, 0) is 24.3 Å². The average Bonchev–Trinajstić information content (AvgIpc) is 2.58. The first-order chi connectivity index (χ1) is 7.60. The molecule has 16 heavy (non-hydrogen) atoms. The van der Waals surface area contributed by atoms with Crippen LogP contribution in [0.2, 0.25) is 0 Å². The van der Waals surface area contributed by atoms with Gasteiger partial charge in [0.25, 0.3) is 0 Å². The first-order valence-electron chi connectivity index (χ1n) is 5.64. The summed E-state index contributed by atoms with van der Waals surface area (Å²) in [5.74, 6) is 1.44. The van der Waals surface area contributed by atoms with Crippen molar-refractivity contribution in [3.63, 3.8) is 0 Å². The van der Waals surface area contributed by atoms with E-state index in [1.165, 1.54) is 17.8 Å². The van der Waals surface area contributed by atoms with Crippen molar-refractivity contribution in [1.29, 1.82) is 5.26 Å². The predicted molar refractivity (Wildman–Crippen MR) is 68.6 cm³/mol. The van der Waals surface area contributed by atoms with Gasteiger partial charge in [-0.2, -0.15) is 5.26 Å². The van der Waals surface area contributed by atoms with Gasteiger partial charge in [0.15, 0.2) is 0 Å². The third kappa shape index (κ3) is 2.14. The topological polar surface area (TPSA) is 53.0 Å². The number of hydrogen-bond donors (Lipinski definition) is 1. The van der Waals surface area contributed by atoms with E-state index in [9.17, 15) is 0 Å². The van der Waals surface area contributed by atoms with Crippen LogP contribution in [0, 0.1) is 23.2 Å². The zero-order valence-electron chi connectivity index (χ0n) is 9.73. The van der Waals surface area contributed by atoms with Crippen LogP contribution in [0.5, 0.6) is 0 Å². The van der Waals surface area contributed by atoms with Crippen LogP contribution in [-0.4, -0.2) is 13.1 Å². The molecule has 4 heteroatoms. The van der Waals surface area contributed by atoms with Crippen LogP contribution < -0.4 is 10.6 Å². The van der Waals surface area contributed by atoms with Gasteiger partial charge < -0.3 is 10.6 Å². The van der Waals surface area contributed by atoms with E-state index in [0.717, 1.165) is 29.9 Å². The second kappa shape index (κ2) is 4.34. The van der Waals surface area contributed by atoms with E-state index in [1.54, 1.807) is 0 Å².